The molecule has 0 aromatic carbocycles. The first-order valence-electron chi connectivity index (χ1n) is 1.78. The van der Waals surface area contributed by atoms with Crippen LogP contribution in [0.4, 0.5) is 0 Å². The van der Waals surface area contributed by atoms with Crippen LogP contribution in [0.5, 0.6) is 0 Å². The van der Waals surface area contributed by atoms with Gasteiger partial charge in [-0.15, -0.1) is 17.7 Å². The minimum Gasteiger partial charge on any atom is -0.158 e. The van der Waals surface area contributed by atoms with Gasteiger partial charge in [-0.25, -0.2) is 0 Å². The molecule has 0 atom stereocenters. The minimum absolute atomic E-state index is 0.718. The predicted molar refractivity (Wildman–Crippen MR) is 28.1 cm³/mol. The van der Waals surface area contributed by atoms with Crippen molar-refractivity contribution in [3.63, 3.8) is 0 Å². The molecule has 1 aromatic rings. The van der Waals surface area contributed by atoms with Crippen LogP contribution in [-0.2, 0) is 0 Å². The molecule has 0 amide bonds. The molecule has 0 unspecified atom stereocenters. The third-order valence-electron chi connectivity index (χ3n) is 0.521. The van der Waals surface area contributed by atoms with Crippen LogP contribution in [0.15, 0.2) is 17.2 Å². The molecule has 0 bridgehead atoms. The lowest BCUT2D eigenvalue weighted by Crippen LogP contribution is -1.75. The van der Waals surface area contributed by atoms with Crippen LogP contribution in [0.3, 0.4) is 0 Å². The maximum atomic E-state index is 3.93. The first kappa shape index (κ1) is 4.59. The fourth-order valence-electron chi connectivity index (χ4n) is 0.255. The SMILES string of the molecule is Sc1[c]nncc1. The molecule has 0 spiro atoms. The van der Waals surface area contributed by atoms with Crippen molar-refractivity contribution in [1.29, 1.82) is 0 Å². The van der Waals surface area contributed by atoms with Crippen LogP contribution in [-0.4, -0.2) is 10.2 Å². The summed E-state index contributed by atoms with van der Waals surface area (Å²) >= 11 is 3.93. The normalized spacial score (nSPS) is 8.71. The maximum Gasteiger partial charge on any atom is 0.128 e. The van der Waals surface area contributed by atoms with Gasteiger partial charge in [-0.2, -0.15) is 5.10 Å². The van der Waals surface area contributed by atoms with Gasteiger partial charge >= 0.3 is 0 Å². The molecule has 1 aromatic heterocycles. The highest BCUT2D eigenvalue weighted by Gasteiger charge is 1.77. The van der Waals surface area contributed by atoms with E-state index in [0.717, 1.165) is 4.90 Å². The quantitative estimate of drug-likeness (QED) is 0.495. The second-order valence-corrected chi connectivity index (χ2v) is 1.51. The number of aromatic nitrogens is 2. The summed E-state index contributed by atoms with van der Waals surface area (Å²) in [5.74, 6) is 0. The van der Waals surface area contributed by atoms with E-state index in [9.17, 15) is 0 Å². The van der Waals surface area contributed by atoms with Gasteiger partial charge in [0, 0.05) is 4.90 Å². The molecule has 0 aliphatic rings. The molecule has 1 radical (unpaired) electrons. The number of hydrogen-bond acceptors (Lipinski definition) is 3. The molecular formula is C4H3N2S. The van der Waals surface area contributed by atoms with Crippen molar-refractivity contribution >= 4 is 12.6 Å². The third kappa shape index (κ3) is 1.16. The Morgan fingerprint density at radius 2 is 2.57 bits per heavy atom. The van der Waals surface area contributed by atoms with Crippen LogP contribution in [0.1, 0.15) is 0 Å². The van der Waals surface area contributed by atoms with E-state index >= 15 is 0 Å². The topological polar surface area (TPSA) is 25.8 Å². The van der Waals surface area contributed by atoms with Crippen molar-refractivity contribution in [2.24, 2.45) is 0 Å². The molecule has 0 saturated carbocycles. The summed E-state index contributed by atoms with van der Waals surface area (Å²) in [4.78, 5) is 0.718. The first-order valence-corrected chi connectivity index (χ1v) is 2.22. The van der Waals surface area contributed by atoms with Gasteiger partial charge in [0.1, 0.15) is 6.20 Å². The fraction of sp³-hybridized carbons (Fsp3) is 0. The second kappa shape index (κ2) is 1.93. The number of thiol groups is 1. The Morgan fingerprint density at radius 1 is 1.71 bits per heavy atom. The zero-order chi connectivity index (χ0) is 5.11. The summed E-state index contributed by atoms with van der Waals surface area (Å²) in [7, 11) is 0. The molecule has 1 heterocycles. The first-order chi connectivity index (χ1) is 3.39. The summed E-state index contributed by atoms with van der Waals surface area (Å²) in [5.41, 5.74) is 0. The van der Waals surface area contributed by atoms with Gasteiger partial charge in [0.2, 0.25) is 0 Å². The lowest BCUT2D eigenvalue weighted by atomic mass is 10.6. The van der Waals surface area contributed by atoms with Crippen LogP contribution < -0.4 is 0 Å². The molecule has 0 N–H and O–H groups in total. The van der Waals surface area contributed by atoms with Gasteiger partial charge < -0.3 is 0 Å². The molecule has 0 aliphatic carbocycles. The summed E-state index contributed by atoms with van der Waals surface area (Å²) in [6, 6.07) is 1.72. The summed E-state index contributed by atoms with van der Waals surface area (Å²) in [5, 5.41) is 6.92. The van der Waals surface area contributed by atoms with E-state index in [4.69, 9.17) is 0 Å². The molecule has 0 saturated heterocycles. The molecule has 1 rings (SSSR count). The zero-order valence-corrected chi connectivity index (χ0v) is 4.39. The monoisotopic (exact) mass is 111 g/mol. The van der Waals surface area contributed by atoms with E-state index in [1.807, 2.05) is 0 Å². The van der Waals surface area contributed by atoms with Crippen molar-refractivity contribution in [2.45, 2.75) is 4.90 Å². The Hall–Kier alpha value is -0.570. The standard InChI is InChI=1S/C4H3N2S/c7-4-1-2-5-6-3-4/h1-2H,(H,5,7). The van der Waals surface area contributed by atoms with Crippen LogP contribution in [0, 0.1) is 6.20 Å². The minimum atomic E-state index is 0.718. The highest BCUT2D eigenvalue weighted by atomic mass is 32.1. The maximum absolute atomic E-state index is 3.93. The average molecular weight is 111 g/mol. The van der Waals surface area contributed by atoms with Crippen LogP contribution in [0.2, 0.25) is 0 Å². The van der Waals surface area contributed by atoms with E-state index in [-0.39, 0.29) is 0 Å². The average Bonchev–Trinajstić information content (AvgIpc) is 1.69. The van der Waals surface area contributed by atoms with E-state index < -0.39 is 0 Å². The van der Waals surface area contributed by atoms with E-state index in [1.165, 1.54) is 0 Å². The van der Waals surface area contributed by atoms with E-state index in [1.54, 1.807) is 12.3 Å². The van der Waals surface area contributed by atoms with Crippen molar-refractivity contribution < 1.29 is 0 Å². The predicted octanol–water partition coefficient (Wildman–Crippen LogP) is 0.565. The van der Waals surface area contributed by atoms with Gasteiger partial charge in [-0.3, -0.25) is 0 Å². The summed E-state index contributed by atoms with van der Waals surface area (Å²) in [6.07, 6.45) is 4.10. The Balaban J connectivity index is 3.02. The van der Waals surface area contributed by atoms with Gasteiger partial charge in [-0.1, -0.05) is 0 Å². The summed E-state index contributed by atoms with van der Waals surface area (Å²) < 4.78 is 0. The Morgan fingerprint density at radius 3 is 2.86 bits per heavy atom. The van der Waals surface area contributed by atoms with Gasteiger partial charge in [0.05, 0.1) is 6.20 Å². The van der Waals surface area contributed by atoms with Crippen LogP contribution >= 0.6 is 12.6 Å². The van der Waals surface area contributed by atoms with Crippen LogP contribution in [0.25, 0.3) is 0 Å². The molecule has 0 aliphatic heterocycles. The molecular weight excluding hydrogens is 108 g/mol. The second-order valence-electron chi connectivity index (χ2n) is 1.03. The van der Waals surface area contributed by atoms with E-state index in [0.29, 0.717) is 0 Å². The van der Waals surface area contributed by atoms with Crippen molar-refractivity contribution in [3.8, 4) is 0 Å². The Bertz CT molecular complexity index is 140. The highest BCUT2D eigenvalue weighted by molar-refractivity contribution is 7.80. The molecule has 7 heavy (non-hydrogen) atoms. The molecule has 35 valence electrons. The fourth-order valence-corrected chi connectivity index (χ4v) is 0.366. The van der Waals surface area contributed by atoms with E-state index in [2.05, 4.69) is 29.0 Å². The zero-order valence-electron chi connectivity index (χ0n) is 3.50. The van der Waals surface area contributed by atoms with Crippen molar-refractivity contribution in [3.05, 3.63) is 18.5 Å². The smallest absolute Gasteiger partial charge is 0.128 e. The highest BCUT2D eigenvalue weighted by Crippen LogP contribution is 1.95. The lowest BCUT2D eigenvalue weighted by molar-refractivity contribution is 0.988. The van der Waals surface area contributed by atoms with Crippen molar-refractivity contribution in [2.75, 3.05) is 0 Å². The Labute approximate surface area is 47.0 Å². The summed E-state index contributed by atoms with van der Waals surface area (Å²) in [6.45, 7) is 0. The Kier molecular flexibility index (Phi) is 1.26. The largest absolute Gasteiger partial charge is 0.158 e. The molecule has 3 heteroatoms. The van der Waals surface area contributed by atoms with Gasteiger partial charge in [-0.05, 0) is 6.07 Å². The van der Waals surface area contributed by atoms with Gasteiger partial charge in [0.15, 0.2) is 0 Å². The molecule has 2 nitrogen and oxygen atoms in total. The number of nitrogens with zero attached hydrogens (tertiary/aromatic N) is 2. The molecule has 0 fully saturated rings. The third-order valence-corrected chi connectivity index (χ3v) is 0.770. The van der Waals surface area contributed by atoms with Gasteiger partial charge in [0.25, 0.3) is 0 Å². The van der Waals surface area contributed by atoms with Crippen molar-refractivity contribution in [1.82, 2.24) is 10.2 Å². The number of rotatable bonds is 0. The number of hydrogen-bond donors (Lipinski definition) is 1. The lowest BCUT2D eigenvalue weighted by Gasteiger charge is -1.78.